The summed E-state index contributed by atoms with van der Waals surface area (Å²) >= 11 is 0. The van der Waals surface area contributed by atoms with E-state index in [1.165, 1.54) is 7.11 Å². The SMILES string of the molecule is CC[C@H](C)[C@@H]([C@@H](CC(=O)N1CCC[C@H]1[C@H](OC)[C@@H](C)C(=O)N[C@@H](Cc1ccccc1)C(=O)O)OC)N(C)C(=O)[C@@H](NC(=O)[C@H]1N[C@@H]2CC[C@H]1C2)C(C)C. The summed E-state index contributed by atoms with van der Waals surface area (Å²) in [7, 11) is 4.78. The number of likely N-dealkylation sites (tertiary alicyclic amines) is 1. The van der Waals surface area contributed by atoms with E-state index in [-0.39, 0.29) is 48.4 Å². The third kappa shape index (κ3) is 10.2. The number of rotatable bonds is 19. The molecule has 3 aliphatic rings. The molecule has 0 spiro atoms. The summed E-state index contributed by atoms with van der Waals surface area (Å²) in [6, 6.07) is 6.47. The first-order valence-electron chi connectivity index (χ1n) is 19.5. The molecular formula is C40H63N5O8. The second kappa shape index (κ2) is 19.2. The van der Waals surface area contributed by atoms with Gasteiger partial charge < -0.3 is 40.3 Å². The van der Waals surface area contributed by atoms with Gasteiger partial charge in [-0.3, -0.25) is 19.2 Å². The lowest BCUT2D eigenvalue weighted by Crippen LogP contribution is -2.60. The molecule has 296 valence electrons. The number of methoxy groups -OCH3 is 2. The van der Waals surface area contributed by atoms with Crippen LogP contribution in [0.3, 0.4) is 0 Å². The molecule has 2 bridgehead atoms. The molecule has 13 nitrogen and oxygen atoms in total. The topological polar surface area (TPSA) is 167 Å². The number of ether oxygens (including phenoxy) is 2. The van der Waals surface area contributed by atoms with Crippen LogP contribution < -0.4 is 16.0 Å². The van der Waals surface area contributed by atoms with Gasteiger partial charge in [0.1, 0.15) is 12.1 Å². The first-order valence-corrected chi connectivity index (χ1v) is 19.5. The Bertz CT molecular complexity index is 1410. The zero-order valence-electron chi connectivity index (χ0n) is 32.9. The number of hydrogen-bond donors (Lipinski definition) is 4. The van der Waals surface area contributed by atoms with Gasteiger partial charge >= 0.3 is 5.97 Å². The number of piperidine rings is 1. The maximum atomic E-state index is 14.2. The number of carboxylic acids is 1. The second-order valence-electron chi connectivity index (χ2n) is 15.8. The smallest absolute Gasteiger partial charge is 0.326 e. The Labute approximate surface area is 315 Å². The van der Waals surface area contributed by atoms with Gasteiger partial charge in [0.05, 0.1) is 42.7 Å². The van der Waals surface area contributed by atoms with Gasteiger partial charge in [0.25, 0.3) is 0 Å². The van der Waals surface area contributed by atoms with Crippen molar-refractivity contribution >= 4 is 29.6 Å². The Balaban J connectivity index is 1.45. The zero-order chi connectivity index (χ0) is 39.0. The highest BCUT2D eigenvalue weighted by Crippen LogP contribution is 2.35. The normalized spacial score (nSPS) is 24.9. The van der Waals surface area contributed by atoms with Gasteiger partial charge in [0, 0.05) is 40.3 Å². The van der Waals surface area contributed by atoms with Gasteiger partial charge in [-0.1, -0.05) is 71.4 Å². The molecule has 3 fully saturated rings. The molecule has 0 radical (unpaired) electrons. The highest BCUT2D eigenvalue weighted by atomic mass is 16.5. The monoisotopic (exact) mass is 741 g/mol. The van der Waals surface area contributed by atoms with E-state index < -0.39 is 54.2 Å². The van der Waals surface area contributed by atoms with E-state index in [0.717, 1.165) is 31.2 Å². The summed E-state index contributed by atoms with van der Waals surface area (Å²) in [5.41, 5.74) is 0.789. The Morgan fingerprint density at radius 2 is 1.70 bits per heavy atom. The molecular weight excluding hydrogens is 678 g/mol. The third-order valence-electron chi connectivity index (χ3n) is 12.0. The van der Waals surface area contributed by atoms with Crippen LogP contribution in [0, 0.1) is 23.7 Å². The van der Waals surface area contributed by atoms with Crippen molar-refractivity contribution in [1.29, 1.82) is 0 Å². The minimum absolute atomic E-state index is 0.00255. The van der Waals surface area contributed by atoms with Crippen molar-refractivity contribution in [2.45, 2.75) is 134 Å². The average molecular weight is 742 g/mol. The standard InChI is InChI=1S/C40H63N5O8/c1-9-24(4)35(44(6)39(49)33(23(2)3)43-38(48)34-27-17-18-28(21-27)41-34)31(52-7)22-32(46)45-19-13-16-30(45)36(53-8)25(5)37(47)42-29(40(50)51)20-26-14-11-10-12-15-26/h10-12,14-15,23-25,27-31,33-36,41H,9,13,16-22H2,1-8H3,(H,42,47)(H,43,48)(H,50,51)/t24-,25+,27-,28+,29-,30-,31+,33-,34-,35-,36+/m0/s1. The number of carbonyl (C=O) groups is 5. The molecule has 4 rings (SSSR count). The fourth-order valence-electron chi connectivity index (χ4n) is 8.79. The quantitative estimate of drug-likeness (QED) is 0.167. The van der Waals surface area contributed by atoms with Crippen LogP contribution in [0.1, 0.15) is 85.1 Å². The maximum Gasteiger partial charge on any atom is 0.326 e. The molecule has 1 aromatic carbocycles. The largest absolute Gasteiger partial charge is 0.480 e. The van der Waals surface area contributed by atoms with E-state index in [1.807, 2.05) is 58.0 Å². The third-order valence-corrected chi connectivity index (χ3v) is 12.0. The van der Waals surface area contributed by atoms with Crippen molar-refractivity contribution in [3.63, 3.8) is 0 Å². The van der Waals surface area contributed by atoms with Crippen LogP contribution in [0.2, 0.25) is 0 Å². The van der Waals surface area contributed by atoms with Crippen molar-refractivity contribution in [1.82, 2.24) is 25.8 Å². The Morgan fingerprint density at radius 1 is 1.00 bits per heavy atom. The van der Waals surface area contributed by atoms with Crippen molar-refractivity contribution in [3.8, 4) is 0 Å². The van der Waals surface area contributed by atoms with Crippen LogP contribution in [0.15, 0.2) is 30.3 Å². The predicted molar refractivity (Wildman–Crippen MR) is 201 cm³/mol. The number of carbonyl (C=O) groups excluding carboxylic acids is 4. The molecule has 1 aromatic rings. The highest BCUT2D eigenvalue weighted by Gasteiger charge is 2.46. The molecule has 53 heavy (non-hydrogen) atoms. The number of nitrogens with zero attached hydrogens (tertiary/aromatic N) is 2. The predicted octanol–water partition coefficient (Wildman–Crippen LogP) is 3.00. The molecule has 2 aliphatic heterocycles. The van der Waals surface area contributed by atoms with Gasteiger partial charge in [-0.25, -0.2) is 4.79 Å². The van der Waals surface area contributed by atoms with Gasteiger partial charge in [0.15, 0.2) is 0 Å². The average Bonchev–Trinajstić information content (AvgIpc) is 3.92. The Kier molecular flexibility index (Phi) is 15.3. The first-order chi connectivity index (χ1) is 25.2. The second-order valence-corrected chi connectivity index (χ2v) is 15.8. The maximum absolute atomic E-state index is 14.2. The zero-order valence-corrected chi connectivity index (χ0v) is 32.9. The highest BCUT2D eigenvalue weighted by molar-refractivity contribution is 5.90. The summed E-state index contributed by atoms with van der Waals surface area (Å²) in [5.74, 6) is -2.77. The van der Waals surface area contributed by atoms with Crippen molar-refractivity contribution in [3.05, 3.63) is 35.9 Å². The number of aliphatic carboxylic acids is 1. The number of hydrogen-bond acceptors (Lipinski definition) is 8. The molecule has 2 saturated heterocycles. The van der Waals surface area contributed by atoms with Crippen molar-refractivity contribution in [2.75, 3.05) is 27.8 Å². The fraction of sp³-hybridized carbons (Fsp3) is 0.725. The van der Waals surface area contributed by atoms with Crippen LogP contribution in [0.4, 0.5) is 0 Å². The van der Waals surface area contributed by atoms with E-state index in [9.17, 15) is 29.1 Å². The van der Waals surface area contributed by atoms with Gasteiger partial charge in [-0.05, 0) is 55.4 Å². The summed E-state index contributed by atoms with van der Waals surface area (Å²) in [5, 5.41) is 19.1. The number of carboxylic acid groups (broad SMARTS) is 1. The number of benzene rings is 1. The summed E-state index contributed by atoms with van der Waals surface area (Å²) in [6.45, 7) is 10.1. The van der Waals surface area contributed by atoms with Gasteiger partial charge in [0.2, 0.25) is 23.6 Å². The molecule has 0 unspecified atom stereocenters. The van der Waals surface area contributed by atoms with E-state index in [1.54, 1.807) is 30.9 Å². The molecule has 13 heteroatoms. The lowest BCUT2D eigenvalue weighted by molar-refractivity contribution is -0.148. The minimum atomic E-state index is -1.13. The Morgan fingerprint density at radius 3 is 2.25 bits per heavy atom. The fourth-order valence-corrected chi connectivity index (χ4v) is 8.79. The van der Waals surface area contributed by atoms with E-state index in [2.05, 4.69) is 16.0 Å². The lowest BCUT2D eigenvalue weighted by atomic mass is 9.89. The summed E-state index contributed by atoms with van der Waals surface area (Å²) in [6.07, 6.45) is 3.98. The molecule has 2 heterocycles. The number of fused-ring (bicyclic) bond motifs is 2. The molecule has 4 amide bonds. The minimum Gasteiger partial charge on any atom is -0.480 e. The van der Waals surface area contributed by atoms with Crippen LogP contribution >= 0.6 is 0 Å². The van der Waals surface area contributed by atoms with Crippen molar-refractivity contribution < 1.29 is 38.6 Å². The van der Waals surface area contributed by atoms with Gasteiger partial charge in [-0.15, -0.1) is 0 Å². The number of amides is 4. The Hall–Kier alpha value is -3.55. The number of likely N-dealkylation sites (N-methyl/N-ethyl adjacent to an activating group) is 1. The van der Waals surface area contributed by atoms with E-state index in [4.69, 9.17) is 9.47 Å². The van der Waals surface area contributed by atoms with Crippen LogP contribution in [0.25, 0.3) is 0 Å². The van der Waals surface area contributed by atoms with Crippen LogP contribution in [-0.2, 0) is 39.9 Å². The number of nitrogens with one attached hydrogen (secondary N) is 3. The van der Waals surface area contributed by atoms with E-state index >= 15 is 0 Å². The van der Waals surface area contributed by atoms with Crippen molar-refractivity contribution in [2.24, 2.45) is 23.7 Å². The molecule has 1 aliphatic carbocycles. The van der Waals surface area contributed by atoms with Gasteiger partial charge in [-0.2, -0.15) is 0 Å². The molecule has 1 saturated carbocycles. The van der Waals surface area contributed by atoms with Crippen LogP contribution in [0.5, 0.6) is 0 Å². The molecule has 0 aromatic heterocycles. The molecule has 4 N–H and O–H groups in total. The van der Waals surface area contributed by atoms with Crippen LogP contribution in [-0.4, -0.2) is 121 Å². The summed E-state index contributed by atoms with van der Waals surface area (Å²) < 4.78 is 11.9. The lowest BCUT2D eigenvalue weighted by Gasteiger charge is -2.41. The molecule has 11 atom stereocenters. The summed E-state index contributed by atoms with van der Waals surface area (Å²) in [4.78, 5) is 70.7. The first kappa shape index (κ1) is 42.2. The van der Waals surface area contributed by atoms with E-state index in [0.29, 0.717) is 31.3 Å².